The van der Waals surface area contributed by atoms with Gasteiger partial charge in [0.05, 0.1) is 17.0 Å². The number of hydrogen-bond acceptors (Lipinski definition) is 4. The second-order valence-electron chi connectivity index (χ2n) is 7.27. The van der Waals surface area contributed by atoms with Crippen LogP contribution in [0, 0.1) is 0 Å². The van der Waals surface area contributed by atoms with Gasteiger partial charge < -0.3 is 15.4 Å². The van der Waals surface area contributed by atoms with Gasteiger partial charge in [0.1, 0.15) is 0 Å². The van der Waals surface area contributed by atoms with E-state index in [1.165, 1.54) is 4.31 Å². The maximum Gasteiger partial charge on any atom is 0.243 e. The monoisotopic (exact) mass is 398 g/mol. The van der Waals surface area contributed by atoms with E-state index >= 15 is 0 Å². The molecule has 27 heavy (non-hydrogen) atoms. The van der Waals surface area contributed by atoms with Gasteiger partial charge in [-0.3, -0.25) is 0 Å². The van der Waals surface area contributed by atoms with Crippen molar-refractivity contribution in [1.29, 1.82) is 0 Å². The second-order valence-corrected chi connectivity index (χ2v) is 9.27. The molecule has 1 aromatic carbocycles. The molecule has 0 saturated carbocycles. The molecule has 8 heteroatoms. The Bertz CT molecular complexity index is 713. The number of hydrogen-bond donors (Lipinski definition) is 2. The van der Waals surface area contributed by atoms with Crippen molar-refractivity contribution in [1.82, 2.24) is 14.9 Å². The molecule has 1 aromatic rings. The first-order valence-corrected chi connectivity index (χ1v) is 10.6. The number of sulfonamides is 1. The molecular formula is C19H34N4O3S. The summed E-state index contributed by atoms with van der Waals surface area (Å²) in [5, 5.41) is 6.45. The smallest absolute Gasteiger partial charge is 0.243 e. The van der Waals surface area contributed by atoms with Crippen LogP contribution in [0.3, 0.4) is 0 Å². The van der Waals surface area contributed by atoms with Gasteiger partial charge in [0, 0.05) is 33.3 Å². The summed E-state index contributed by atoms with van der Waals surface area (Å²) in [5.41, 5.74) is 0.638. The summed E-state index contributed by atoms with van der Waals surface area (Å²) in [6.45, 7) is 11.5. The first-order valence-electron chi connectivity index (χ1n) is 9.18. The Morgan fingerprint density at radius 1 is 1.22 bits per heavy atom. The summed E-state index contributed by atoms with van der Waals surface area (Å²) in [6.07, 6.45) is 0. The number of methoxy groups -OCH3 is 1. The number of ether oxygens (including phenoxy) is 1. The third-order valence-corrected chi connectivity index (χ3v) is 6.37. The van der Waals surface area contributed by atoms with Gasteiger partial charge in [-0.05, 0) is 52.3 Å². The third-order valence-electron chi connectivity index (χ3n) is 4.33. The van der Waals surface area contributed by atoms with E-state index in [2.05, 4.69) is 15.6 Å². The Labute approximate surface area is 164 Å². The molecule has 1 rings (SSSR count). The largest absolute Gasteiger partial charge is 0.377 e. The lowest BCUT2D eigenvalue weighted by molar-refractivity contribution is 0.0268. The first kappa shape index (κ1) is 23.4. The molecule has 0 aliphatic carbocycles. The average Bonchev–Trinajstić information content (AvgIpc) is 2.63. The van der Waals surface area contributed by atoms with E-state index in [1.807, 2.05) is 34.6 Å². The Morgan fingerprint density at radius 2 is 1.81 bits per heavy atom. The molecule has 0 amide bonds. The summed E-state index contributed by atoms with van der Waals surface area (Å²) in [4.78, 5) is 4.85. The van der Waals surface area contributed by atoms with Crippen molar-refractivity contribution >= 4 is 16.0 Å². The van der Waals surface area contributed by atoms with E-state index in [0.717, 1.165) is 12.1 Å². The number of nitrogens with one attached hydrogen (secondary N) is 2. The highest BCUT2D eigenvalue weighted by atomic mass is 32.2. The highest BCUT2D eigenvalue weighted by Crippen LogP contribution is 2.17. The maximum atomic E-state index is 12.5. The molecule has 0 radical (unpaired) electrons. The quantitative estimate of drug-likeness (QED) is 0.492. The van der Waals surface area contributed by atoms with Crippen LogP contribution in [0.5, 0.6) is 0 Å². The maximum absolute atomic E-state index is 12.5. The summed E-state index contributed by atoms with van der Waals surface area (Å²) in [6, 6.07) is 6.77. The molecule has 0 unspecified atom stereocenters. The standard InChI is InChI=1S/C19H34N4O3S/c1-8-20-18(22-14-19(4,5)26-7)21-13-16-9-11-17(12-10-16)27(24,25)23(6)15(2)3/h9-12,15H,8,13-14H2,1-7H3,(H2,20,21,22). The summed E-state index contributed by atoms with van der Waals surface area (Å²) < 4.78 is 31.8. The molecule has 7 nitrogen and oxygen atoms in total. The van der Waals surface area contributed by atoms with Crippen LogP contribution in [0.4, 0.5) is 0 Å². The minimum absolute atomic E-state index is 0.0932. The van der Waals surface area contributed by atoms with Gasteiger partial charge in [0.2, 0.25) is 10.0 Å². The van der Waals surface area contributed by atoms with Crippen LogP contribution >= 0.6 is 0 Å². The van der Waals surface area contributed by atoms with Gasteiger partial charge in [-0.15, -0.1) is 0 Å². The molecule has 154 valence electrons. The first-order chi connectivity index (χ1) is 12.5. The van der Waals surface area contributed by atoms with Crippen molar-refractivity contribution in [2.45, 2.75) is 57.7 Å². The van der Waals surface area contributed by atoms with Gasteiger partial charge in [-0.2, -0.15) is 4.31 Å². The van der Waals surface area contributed by atoms with Gasteiger partial charge in [0.15, 0.2) is 5.96 Å². The van der Waals surface area contributed by atoms with Crippen LogP contribution in [0.15, 0.2) is 34.2 Å². The molecule has 2 N–H and O–H groups in total. The Balaban J connectivity index is 2.84. The van der Waals surface area contributed by atoms with Crippen LogP contribution in [0.1, 0.15) is 40.2 Å². The number of aliphatic imine (C=N–C) groups is 1. The van der Waals surface area contributed by atoms with Crippen molar-refractivity contribution in [2.24, 2.45) is 4.99 Å². The summed E-state index contributed by atoms with van der Waals surface area (Å²) in [7, 11) is -0.194. The van der Waals surface area contributed by atoms with E-state index in [4.69, 9.17) is 4.74 Å². The van der Waals surface area contributed by atoms with Crippen molar-refractivity contribution in [3.63, 3.8) is 0 Å². The topological polar surface area (TPSA) is 83.0 Å². The van der Waals surface area contributed by atoms with E-state index in [-0.39, 0.29) is 11.6 Å². The van der Waals surface area contributed by atoms with Crippen molar-refractivity contribution in [2.75, 3.05) is 27.2 Å². The minimum atomic E-state index is -3.46. The van der Waals surface area contributed by atoms with Crippen LogP contribution in [0.2, 0.25) is 0 Å². The number of nitrogens with zero attached hydrogens (tertiary/aromatic N) is 2. The molecule has 0 aliphatic rings. The SMILES string of the molecule is CCNC(=NCc1ccc(S(=O)(=O)N(C)C(C)C)cc1)NCC(C)(C)OC. The van der Waals surface area contributed by atoms with E-state index in [0.29, 0.717) is 23.9 Å². The van der Waals surface area contributed by atoms with Crippen LogP contribution in [0.25, 0.3) is 0 Å². The lowest BCUT2D eigenvalue weighted by atomic mass is 10.1. The predicted octanol–water partition coefficient (Wildman–Crippen LogP) is 2.20. The zero-order chi connectivity index (χ0) is 20.7. The van der Waals surface area contributed by atoms with Gasteiger partial charge in [-0.1, -0.05) is 12.1 Å². The molecule has 0 aliphatic heterocycles. The summed E-state index contributed by atoms with van der Waals surface area (Å²) in [5.74, 6) is 0.693. The van der Waals surface area contributed by atoms with Crippen LogP contribution in [-0.4, -0.2) is 57.6 Å². The zero-order valence-corrected chi connectivity index (χ0v) is 18.4. The molecule has 0 spiro atoms. The van der Waals surface area contributed by atoms with Crippen molar-refractivity contribution in [3.05, 3.63) is 29.8 Å². The van der Waals surface area contributed by atoms with Crippen LogP contribution in [-0.2, 0) is 21.3 Å². The fourth-order valence-corrected chi connectivity index (χ4v) is 3.46. The van der Waals surface area contributed by atoms with Gasteiger partial charge >= 0.3 is 0 Å². The fraction of sp³-hybridized carbons (Fsp3) is 0.632. The highest BCUT2D eigenvalue weighted by Gasteiger charge is 2.22. The van der Waals surface area contributed by atoms with Gasteiger partial charge in [-0.25, -0.2) is 13.4 Å². The lowest BCUT2D eigenvalue weighted by Gasteiger charge is -2.24. The normalized spacial score (nSPS) is 13.3. The van der Waals surface area contributed by atoms with Crippen molar-refractivity contribution < 1.29 is 13.2 Å². The number of benzene rings is 1. The second kappa shape index (κ2) is 10.1. The molecule has 0 saturated heterocycles. The van der Waals surface area contributed by atoms with E-state index < -0.39 is 10.0 Å². The number of rotatable bonds is 9. The van der Waals surface area contributed by atoms with Crippen LogP contribution < -0.4 is 10.6 Å². The van der Waals surface area contributed by atoms with Gasteiger partial charge in [0.25, 0.3) is 0 Å². The molecule has 0 aromatic heterocycles. The Morgan fingerprint density at radius 3 is 2.30 bits per heavy atom. The molecule has 0 bridgehead atoms. The highest BCUT2D eigenvalue weighted by molar-refractivity contribution is 7.89. The lowest BCUT2D eigenvalue weighted by Crippen LogP contribution is -2.45. The molecule has 0 atom stereocenters. The molecule has 0 fully saturated rings. The van der Waals surface area contributed by atoms with Crippen molar-refractivity contribution in [3.8, 4) is 0 Å². The average molecular weight is 399 g/mol. The van der Waals surface area contributed by atoms with E-state index in [1.54, 1.807) is 38.4 Å². The number of guanidine groups is 1. The zero-order valence-electron chi connectivity index (χ0n) is 17.5. The third kappa shape index (κ3) is 7.12. The molecule has 0 heterocycles. The predicted molar refractivity (Wildman–Crippen MR) is 110 cm³/mol. The Hall–Kier alpha value is -1.64. The summed E-state index contributed by atoms with van der Waals surface area (Å²) >= 11 is 0. The Kier molecular flexibility index (Phi) is 8.71. The minimum Gasteiger partial charge on any atom is -0.377 e. The fourth-order valence-electron chi connectivity index (χ4n) is 2.09. The van der Waals surface area contributed by atoms with E-state index in [9.17, 15) is 8.42 Å². The molecular weight excluding hydrogens is 364 g/mol.